The van der Waals surface area contributed by atoms with Gasteiger partial charge in [-0.05, 0) is 43.9 Å². The van der Waals surface area contributed by atoms with E-state index in [0.717, 1.165) is 25.8 Å². The van der Waals surface area contributed by atoms with Crippen LogP contribution in [-0.4, -0.2) is 40.8 Å². The maximum absolute atomic E-state index is 14.6. The molecular weight excluding hydrogens is 411 g/mol. The second kappa shape index (κ2) is 8.18. The van der Waals surface area contributed by atoms with Crippen LogP contribution in [0.25, 0.3) is 11.0 Å². The van der Waals surface area contributed by atoms with Crippen molar-refractivity contribution < 1.29 is 22.6 Å². The van der Waals surface area contributed by atoms with E-state index in [1.807, 2.05) is 0 Å². The first kappa shape index (κ1) is 19.8. The fraction of sp³-hybridized carbons (Fsp3) is 0.381. The van der Waals surface area contributed by atoms with Crippen LogP contribution >= 0.6 is 0 Å². The fourth-order valence-electron chi connectivity index (χ4n) is 3.37. The number of anilines is 2. The molecule has 2 N–H and O–H groups in total. The Kier molecular flexibility index (Phi) is 5.23. The third-order valence-electron chi connectivity index (χ3n) is 5.30. The van der Waals surface area contributed by atoms with Crippen molar-refractivity contribution in [2.75, 3.05) is 25.0 Å². The standard InChI is InChI=1S/C21H20F3N5O2/c22-13-7-15-19(29-21(13)31-12-5-6-25-8-12)20(27-10-26-15)28-14-3-4-16(18(24)17(14)23)30-9-11-1-2-11/h3-4,7,10-12,25H,1-2,5-6,8-9H2,(H,26,27,28)/t12-/m0/s1. The van der Waals surface area contributed by atoms with Crippen molar-refractivity contribution in [1.82, 2.24) is 20.3 Å². The number of nitrogens with zero attached hydrogens (tertiary/aromatic N) is 3. The van der Waals surface area contributed by atoms with E-state index < -0.39 is 17.5 Å². The lowest BCUT2D eigenvalue weighted by Gasteiger charge is -2.14. The van der Waals surface area contributed by atoms with Gasteiger partial charge in [0.1, 0.15) is 17.9 Å². The summed E-state index contributed by atoms with van der Waals surface area (Å²) in [6.07, 6.45) is 3.81. The number of hydrogen-bond donors (Lipinski definition) is 2. The van der Waals surface area contributed by atoms with Crippen LogP contribution in [0.2, 0.25) is 0 Å². The lowest BCUT2D eigenvalue weighted by molar-refractivity contribution is 0.204. The summed E-state index contributed by atoms with van der Waals surface area (Å²) in [5, 5.41) is 5.85. The molecule has 1 saturated carbocycles. The number of aromatic nitrogens is 3. The molecule has 3 heterocycles. The quantitative estimate of drug-likeness (QED) is 0.590. The van der Waals surface area contributed by atoms with Gasteiger partial charge < -0.3 is 20.1 Å². The zero-order valence-corrected chi connectivity index (χ0v) is 16.5. The van der Waals surface area contributed by atoms with Gasteiger partial charge in [0.15, 0.2) is 23.2 Å². The molecule has 0 bridgehead atoms. The summed E-state index contributed by atoms with van der Waals surface area (Å²) in [5.74, 6) is -2.65. The number of rotatable bonds is 7. The number of fused-ring (bicyclic) bond motifs is 1. The summed E-state index contributed by atoms with van der Waals surface area (Å²) in [6.45, 7) is 1.74. The molecule has 1 aliphatic heterocycles. The average Bonchev–Trinajstić information content (AvgIpc) is 3.45. The van der Waals surface area contributed by atoms with Crippen LogP contribution in [0.1, 0.15) is 19.3 Å². The first-order valence-electron chi connectivity index (χ1n) is 10.1. The molecule has 1 saturated heterocycles. The number of nitrogens with one attached hydrogen (secondary N) is 2. The van der Waals surface area contributed by atoms with Crippen molar-refractivity contribution in [1.29, 1.82) is 0 Å². The van der Waals surface area contributed by atoms with Gasteiger partial charge in [0, 0.05) is 12.6 Å². The topological polar surface area (TPSA) is 81.2 Å². The van der Waals surface area contributed by atoms with Gasteiger partial charge in [-0.3, -0.25) is 0 Å². The maximum Gasteiger partial charge on any atom is 0.251 e. The van der Waals surface area contributed by atoms with E-state index in [1.165, 1.54) is 24.5 Å². The Balaban J connectivity index is 1.43. The molecule has 0 radical (unpaired) electrons. The molecule has 2 fully saturated rings. The monoisotopic (exact) mass is 431 g/mol. The van der Waals surface area contributed by atoms with Crippen LogP contribution in [0, 0.1) is 23.4 Å². The average molecular weight is 431 g/mol. The SMILES string of the molecule is Fc1cc2ncnc(Nc3ccc(OCC4CC4)c(F)c3F)c2nc1O[C@H]1CCNC1. The van der Waals surface area contributed by atoms with Crippen molar-refractivity contribution in [3.63, 3.8) is 0 Å². The van der Waals surface area contributed by atoms with Gasteiger partial charge in [-0.15, -0.1) is 0 Å². The Labute approximate surface area is 176 Å². The summed E-state index contributed by atoms with van der Waals surface area (Å²) >= 11 is 0. The molecule has 0 unspecified atom stereocenters. The third kappa shape index (κ3) is 4.20. The Morgan fingerprint density at radius 3 is 2.74 bits per heavy atom. The molecule has 1 aromatic carbocycles. The molecule has 5 rings (SSSR count). The van der Waals surface area contributed by atoms with E-state index in [2.05, 4.69) is 25.6 Å². The highest BCUT2D eigenvalue weighted by Gasteiger charge is 2.24. The summed E-state index contributed by atoms with van der Waals surface area (Å²) in [5.41, 5.74) is 0.237. The minimum absolute atomic E-state index is 0.101. The third-order valence-corrected chi connectivity index (χ3v) is 5.30. The first-order chi connectivity index (χ1) is 15.1. The Hall–Kier alpha value is -3.14. The van der Waals surface area contributed by atoms with E-state index in [1.54, 1.807) is 0 Å². The number of benzene rings is 1. The number of hydrogen-bond acceptors (Lipinski definition) is 7. The second-order valence-corrected chi connectivity index (χ2v) is 7.72. The molecule has 31 heavy (non-hydrogen) atoms. The zero-order chi connectivity index (χ0) is 21.4. The predicted octanol–water partition coefficient (Wildman–Crippen LogP) is 3.72. The first-order valence-corrected chi connectivity index (χ1v) is 10.1. The van der Waals surface area contributed by atoms with E-state index in [4.69, 9.17) is 9.47 Å². The van der Waals surface area contributed by atoms with Gasteiger partial charge in [-0.2, -0.15) is 4.39 Å². The Morgan fingerprint density at radius 2 is 1.97 bits per heavy atom. The van der Waals surface area contributed by atoms with Gasteiger partial charge >= 0.3 is 0 Å². The van der Waals surface area contributed by atoms with Gasteiger partial charge in [0.05, 0.1) is 17.8 Å². The molecule has 162 valence electrons. The lowest BCUT2D eigenvalue weighted by Crippen LogP contribution is -2.20. The molecule has 7 nitrogen and oxygen atoms in total. The highest BCUT2D eigenvalue weighted by Crippen LogP contribution is 2.33. The number of ether oxygens (including phenoxy) is 2. The second-order valence-electron chi connectivity index (χ2n) is 7.72. The van der Waals surface area contributed by atoms with E-state index in [0.29, 0.717) is 19.1 Å². The minimum atomic E-state index is -1.10. The summed E-state index contributed by atoms with van der Waals surface area (Å²) in [6, 6.07) is 3.90. The molecule has 2 aliphatic rings. The normalized spacial score (nSPS) is 18.4. The van der Waals surface area contributed by atoms with Crippen LogP contribution < -0.4 is 20.1 Å². The van der Waals surface area contributed by atoms with Crippen LogP contribution in [0.5, 0.6) is 11.6 Å². The van der Waals surface area contributed by atoms with E-state index in [9.17, 15) is 13.2 Å². The summed E-state index contributed by atoms with van der Waals surface area (Å²) < 4.78 is 54.5. The van der Waals surface area contributed by atoms with Crippen molar-refractivity contribution in [2.45, 2.75) is 25.4 Å². The van der Waals surface area contributed by atoms with Crippen molar-refractivity contribution in [3.05, 3.63) is 42.0 Å². The maximum atomic E-state index is 14.6. The van der Waals surface area contributed by atoms with Gasteiger partial charge in [-0.25, -0.2) is 23.7 Å². The molecule has 0 amide bonds. The molecule has 3 aromatic rings. The largest absolute Gasteiger partial charge is 0.490 e. The highest BCUT2D eigenvalue weighted by molar-refractivity contribution is 5.87. The molecule has 2 aromatic heterocycles. The summed E-state index contributed by atoms with van der Waals surface area (Å²) in [4.78, 5) is 12.3. The van der Waals surface area contributed by atoms with Crippen LogP contribution in [0.15, 0.2) is 24.5 Å². The predicted molar refractivity (Wildman–Crippen MR) is 107 cm³/mol. The fourth-order valence-corrected chi connectivity index (χ4v) is 3.37. The lowest BCUT2D eigenvalue weighted by atomic mass is 10.2. The van der Waals surface area contributed by atoms with E-state index in [-0.39, 0.29) is 40.3 Å². The summed E-state index contributed by atoms with van der Waals surface area (Å²) in [7, 11) is 0. The van der Waals surface area contributed by atoms with Crippen LogP contribution in [0.3, 0.4) is 0 Å². The Morgan fingerprint density at radius 1 is 1.10 bits per heavy atom. The van der Waals surface area contributed by atoms with E-state index >= 15 is 0 Å². The van der Waals surface area contributed by atoms with Crippen LogP contribution in [-0.2, 0) is 0 Å². The van der Waals surface area contributed by atoms with Crippen molar-refractivity contribution in [2.24, 2.45) is 5.92 Å². The van der Waals surface area contributed by atoms with Gasteiger partial charge in [0.25, 0.3) is 5.88 Å². The van der Waals surface area contributed by atoms with Gasteiger partial charge in [0.2, 0.25) is 5.82 Å². The Bertz CT molecular complexity index is 1120. The van der Waals surface area contributed by atoms with Gasteiger partial charge in [-0.1, -0.05) is 0 Å². The van der Waals surface area contributed by atoms with Crippen molar-refractivity contribution in [3.8, 4) is 11.6 Å². The molecule has 1 aliphatic carbocycles. The minimum Gasteiger partial charge on any atom is -0.490 e. The smallest absolute Gasteiger partial charge is 0.251 e. The molecular formula is C21H20F3N5O2. The molecule has 0 spiro atoms. The van der Waals surface area contributed by atoms with Crippen molar-refractivity contribution >= 4 is 22.5 Å². The number of pyridine rings is 1. The number of halogens is 3. The zero-order valence-electron chi connectivity index (χ0n) is 16.5. The highest BCUT2D eigenvalue weighted by atomic mass is 19.2. The molecule has 1 atom stereocenters. The molecule has 10 heteroatoms. The van der Waals surface area contributed by atoms with Crippen LogP contribution in [0.4, 0.5) is 24.7 Å².